The second-order valence-corrected chi connectivity index (χ2v) is 13.3. The number of nitrogens with zero attached hydrogens (tertiary/aromatic N) is 4. The van der Waals surface area contributed by atoms with E-state index in [0.29, 0.717) is 22.6 Å². The molecule has 1 aliphatic heterocycles. The highest BCUT2D eigenvalue weighted by Crippen LogP contribution is 2.43. The van der Waals surface area contributed by atoms with Crippen LogP contribution in [0, 0.1) is 29.6 Å². The summed E-state index contributed by atoms with van der Waals surface area (Å²) in [5.74, 6) is 0.836. The number of benzene rings is 3. The lowest BCUT2D eigenvalue weighted by Gasteiger charge is -2.37. The van der Waals surface area contributed by atoms with Crippen LogP contribution < -0.4 is 31.4 Å². The van der Waals surface area contributed by atoms with Crippen molar-refractivity contribution in [1.82, 2.24) is 20.2 Å². The minimum Gasteiger partial charge on any atom is -0.497 e. The molecule has 0 bridgehead atoms. The number of aromatic amines is 1. The number of nitrogens with one attached hydrogen (secondary N) is 3. The number of aliphatic hydroxyl groups is 1. The lowest BCUT2D eigenvalue weighted by Crippen LogP contribution is -2.45. The van der Waals surface area contributed by atoms with Gasteiger partial charge in [-0.05, 0) is 47.9 Å². The molecule has 1 aliphatic rings. The van der Waals surface area contributed by atoms with Crippen molar-refractivity contribution in [3.8, 4) is 23.6 Å². The fourth-order valence-corrected chi connectivity index (χ4v) is 6.42. The molecule has 0 spiro atoms. The molecule has 0 saturated carbocycles. The Kier molecular flexibility index (Phi) is 16.1. The van der Waals surface area contributed by atoms with Gasteiger partial charge in [-0.15, -0.1) is 0 Å². The summed E-state index contributed by atoms with van der Waals surface area (Å²) < 4.78 is 41.3. The van der Waals surface area contributed by atoms with E-state index < -0.39 is 59.5 Å². The number of aliphatic hydroxyl groups excluding tert-OH is 1. The molecule has 2 amide bonds. The third-order valence-corrected chi connectivity index (χ3v) is 9.38. The fourth-order valence-electron chi connectivity index (χ4n) is 6.42. The van der Waals surface area contributed by atoms with Crippen molar-refractivity contribution in [2.75, 3.05) is 47.2 Å². The summed E-state index contributed by atoms with van der Waals surface area (Å²) in [5.41, 5.74) is -0.360. The number of aliphatic imine (C=N–C) groups is 1. The molecule has 3 aromatic carbocycles. The van der Waals surface area contributed by atoms with E-state index in [1.54, 1.807) is 38.5 Å². The van der Waals surface area contributed by atoms with Gasteiger partial charge in [0.25, 0.3) is 5.56 Å². The molecule has 320 valence electrons. The molecule has 19 nitrogen and oxygen atoms in total. The van der Waals surface area contributed by atoms with Crippen LogP contribution in [0.5, 0.6) is 11.5 Å². The van der Waals surface area contributed by atoms with Gasteiger partial charge in [0.05, 0.1) is 59.0 Å². The molecule has 19 heteroatoms. The summed E-state index contributed by atoms with van der Waals surface area (Å²) in [6.45, 7) is 0.286. The first-order valence-electron chi connectivity index (χ1n) is 19.0. The van der Waals surface area contributed by atoms with Crippen molar-refractivity contribution >= 4 is 18.1 Å². The predicted octanol–water partition coefficient (Wildman–Crippen LogP) is 3.15. The average molecular weight is 840 g/mol. The highest BCUT2D eigenvalue weighted by atomic mass is 16.6. The SMILES string of the molecule is COc1ccc(C(OC[C@H]2O[C@@H](n3cc(C)c(=O)[nH]c3=O)[C@H](OCCN=C(NC(=O)OCCC#N)NC(=O)OCCC#N)[C@@H]2O)(c2ccccc2)c2ccc(OC)cc2)cc1. The van der Waals surface area contributed by atoms with Crippen LogP contribution in [0.15, 0.2) is 99.6 Å². The van der Waals surface area contributed by atoms with Gasteiger partial charge in [0.15, 0.2) is 6.23 Å². The predicted molar refractivity (Wildman–Crippen MR) is 216 cm³/mol. The molecule has 1 fully saturated rings. The fraction of sp³-hybridized carbons (Fsp3) is 0.357. The first-order valence-corrected chi connectivity index (χ1v) is 19.0. The molecule has 0 aliphatic carbocycles. The van der Waals surface area contributed by atoms with E-state index in [1.165, 1.54) is 13.1 Å². The van der Waals surface area contributed by atoms with Gasteiger partial charge < -0.3 is 38.3 Å². The number of H-pyrrole nitrogens is 1. The van der Waals surface area contributed by atoms with E-state index in [0.717, 1.165) is 10.1 Å². The molecule has 2 heterocycles. The zero-order valence-electron chi connectivity index (χ0n) is 33.6. The topological polar surface area (TPSA) is 258 Å². The van der Waals surface area contributed by atoms with Crippen LogP contribution in [0.2, 0.25) is 0 Å². The van der Waals surface area contributed by atoms with Crippen LogP contribution in [0.1, 0.15) is 41.3 Å². The molecule has 4 aromatic rings. The van der Waals surface area contributed by atoms with Crippen molar-refractivity contribution in [1.29, 1.82) is 10.5 Å². The normalized spacial score (nSPS) is 17.0. The highest BCUT2D eigenvalue weighted by Gasteiger charge is 2.48. The maximum absolute atomic E-state index is 13.2. The number of rotatable bonds is 17. The number of hydrogen-bond acceptors (Lipinski definition) is 15. The summed E-state index contributed by atoms with van der Waals surface area (Å²) in [4.78, 5) is 56.6. The number of ether oxygens (including phenoxy) is 7. The minimum atomic E-state index is -1.44. The molecule has 1 saturated heterocycles. The Balaban J connectivity index is 1.45. The molecule has 4 atom stereocenters. The summed E-state index contributed by atoms with van der Waals surface area (Å²) in [7, 11) is 3.13. The molecule has 61 heavy (non-hydrogen) atoms. The Labute approximate surface area is 350 Å². The van der Waals surface area contributed by atoms with Crippen LogP contribution in [-0.2, 0) is 29.3 Å². The minimum absolute atomic E-state index is 0.0789. The van der Waals surface area contributed by atoms with Crippen LogP contribution in [0.25, 0.3) is 0 Å². The quantitative estimate of drug-likeness (QED) is 0.0516. The third kappa shape index (κ3) is 11.4. The summed E-state index contributed by atoms with van der Waals surface area (Å²) in [5, 5.41) is 33.9. The smallest absolute Gasteiger partial charge is 0.413 e. The number of amides is 2. The zero-order chi connectivity index (χ0) is 43.8. The average Bonchev–Trinajstić information content (AvgIpc) is 3.58. The van der Waals surface area contributed by atoms with Crippen LogP contribution in [0.3, 0.4) is 0 Å². The zero-order valence-corrected chi connectivity index (χ0v) is 33.6. The molecule has 0 radical (unpaired) electrons. The number of methoxy groups -OCH3 is 2. The molecular weight excluding hydrogens is 794 g/mol. The first kappa shape index (κ1) is 45.1. The van der Waals surface area contributed by atoms with Crippen molar-refractivity contribution in [2.24, 2.45) is 4.99 Å². The van der Waals surface area contributed by atoms with Crippen molar-refractivity contribution in [2.45, 2.75) is 49.9 Å². The summed E-state index contributed by atoms with van der Waals surface area (Å²) in [6, 6.07) is 27.8. The Morgan fingerprint density at radius 2 is 1.39 bits per heavy atom. The number of nitriles is 2. The van der Waals surface area contributed by atoms with E-state index in [4.69, 9.17) is 43.7 Å². The first-order chi connectivity index (χ1) is 29.5. The van der Waals surface area contributed by atoms with Gasteiger partial charge >= 0.3 is 17.9 Å². The number of alkyl carbamates (subject to hydrolysis) is 2. The van der Waals surface area contributed by atoms with Crippen LogP contribution >= 0.6 is 0 Å². The van der Waals surface area contributed by atoms with E-state index in [1.807, 2.05) is 66.7 Å². The van der Waals surface area contributed by atoms with E-state index in [2.05, 4.69) is 20.6 Å². The van der Waals surface area contributed by atoms with Gasteiger partial charge in [-0.3, -0.25) is 25.0 Å². The van der Waals surface area contributed by atoms with Gasteiger partial charge in [-0.25, -0.2) is 19.4 Å². The van der Waals surface area contributed by atoms with E-state index >= 15 is 0 Å². The Morgan fingerprint density at radius 3 is 1.92 bits per heavy atom. The number of carbonyl (C=O) groups is 2. The van der Waals surface area contributed by atoms with Gasteiger partial charge in [-0.2, -0.15) is 10.5 Å². The number of aromatic nitrogens is 2. The van der Waals surface area contributed by atoms with Gasteiger partial charge in [0.2, 0.25) is 5.96 Å². The number of guanidine groups is 1. The van der Waals surface area contributed by atoms with Crippen LogP contribution in [-0.4, -0.2) is 98.3 Å². The standard InChI is InChI=1S/C42H45N7O12/c1-27-25-49(39(52)46-36(27)51)37-35(57-24-21-45-38(47-40(53)58-22-7-19-43)48-41(54)59-23-8-20-44)34(50)33(61-37)26-60-42(28-9-5-4-6-10-28,29-11-15-31(55-2)16-12-29)30-13-17-32(56-3)18-14-30/h4-6,9-18,25,33-35,37,50H,7-8,21-24,26H2,1-3H3,(H,46,51,52)(H2,45,47,48,53,54)/t33-,34-,35-,37-/m1/s1. The monoisotopic (exact) mass is 839 g/mol. The lowest BCUT2D eigenvalue weighted by atomic mass is 9.80. The van der Waals surface area contributed by atoms with E-state index in [9.17, 15) is 24.3 Å². The third-order valence-electron chi connectivity index (χ3n) is 9.38. The van der Waals surface area contributed by atoms with Gasteiger partial charge in [-0.1, -0.05) is 54.6 Å². The second kappa shape index (κ2) is 21.8. The van der Waals surface area contributed by atoms with Crippen molar-refractivity contribution in [3.05, 3.63) is 128 Å². The summed E-state index contributed by atoms with van der Waals surface area (Å²) in [6.07, 6.45) is -6.02. The Hall–Kier alpha value is -7.03. The largest absolute Gasteiger partial charge is 0.497 e. The van der Waals surface area contributed by atoms with Crippen molar-refractivity contribution < 1.29 is 47.9 Å². The molecule has 5 rings (SSSR count). The van der Waals surface area contributed by atoms with Gasteiger partial charge in [0.1, 0.15) is 48.6 Å². The number of hydrogen-bond donors (Lipinski definition) is 4. The maximum atomic E-state index is 13.2. The summed E-state index contributed by atoms with van der Waals surface area (Å²) >= 11 is 0. The Bertz CT molecular complexity index is 2240. The Morgan fingerprint density at radius 1 is 0.852 bits per heavy atom. The van der Waals surface area contributed by atoms with Gasteiger partial charge in [0, 0.05) is 11.8 Å². The molecule has 0 unspecified atom stereocenters. The molecule has 4 N–H and O–H groups in total. The van der Waals surface area contributed by atoms with E-state index in [-0.39, 0.29) is 51.4 Å². The molecule has 1 aromatic heterocycles. The number of aryl methyl sites for hydroxylation is 1. The highest BCUT2D eigenvalue weighted by molar-refractivity contribution is 6.01. The van der Waals surface area contributed by atoms with Crippen molar-refractivity contribution in [3.63, 3.8) is 0 Å². The molecular formula is C42H45N7O12. The number of carbonyl (C=O) groups excluding carboxylic acids is 2. The van der Waals surface area contributed by atoms with Crippen LogP contribution in [0.4, 0.5) is 9.59 Å². The lowest BCUT2D eigenvalue weighted by molar-refractivity contribution is -0.0979. The maximum Gasteiger partial charge on any atom is 0.413 e. The second-order valence-electron chi connectivity index (χ2n) is 13.3.